The molecule has 3 rings (SSSR count). The van der Waals surface area contributed by atoms with Crippen molar-refractivity contribution in [3.05, 3.63) is 65.7 Å². The lowest BCUT2D eigenvalue weighted by molar-refractivity contribution is -0.117. The third-order valence-electron chi connectivity index (χ3n) is 3.63. The lowest BCUT2D eigenvalue weighted by Gasteiger charge is -2.08. The highest BCUT2D eigenvalue weighted by atomic mass is 16.2. The summed E-state index contributed by atoms with van der Waals surface area (Å²) in [4.78, 5) is 23.8. The monoisotopic (exact) mass is 294 g/mol. The fraction of sp³-hybridized carbons (Fsp3) is 0.222. The van der Waals surface area contributed by atoms with E-state index in [1.807, 2.05) is 42.5 Å². The Hall–Kier alpha value is -2.62. The molecule has 0 aromatic heterocycles. The molecule has 2 amide bonds. The van der Waals surface area contributed by atoms with Crippen molar-refractivity contribution in [2.45, 2.75) is 19.4 Å². The maximum absolute atomic E-state index is 12.0. The summed E-state index contributed by atoms with van der Waals surface area (Å²) in [6, 6.07) is 16.7. The van der Waals surface area contributed by atoms with Crippen LogP contribution in [0.2, 0.25) is 0 Å². The van der Waals surface area contributed by atoms with Crippen LogP contribution in [0.4, 0.5) is 5.69 Å². The number of nitrogens with one attached hydrogen (secondary N) is 2. The SMILES string of the molecule is O=C(NCc1cccc(NC(=O)C2CC2)c1)c1ccccc1. The number of amides is 2. The van der Waals surface area contributed by atoms with Crippen LogP contribution in [0, 0.1) is 5.92 Å². The van der Waals surface area contributed by atoms with E-state index in [2.05, 4.69) is 10.6 Å². The van der Waals surface area contributed by atoms with Crippen LogP contribution in [0.15, 0.2) is 54.6 Å². The van der Waals surface area contributed by atoms with Crippen molar-refractivity contribution in [3.8, 4) is 0 Å². The van der Waals surface area contributed by atoms with E-state index < -0.39 is 0 Å². The van der Waals surface area contributed by atoms with Crippen LogP contribution < -0.4 is 10.6 Å². The molecular formula is C18H18N2O2. The summed E-state index contributed by atoms with van der Waals surface area (Å²) in [6.45, 7) is 0.431. The first-order valence-corrected chi connectivity index (χ1v) is 7.45. The molecule has 0 unspecified atom stereocenters. The normalized spacial score (nSPS) is 13.5. The van der Waals surface area contributed by atoms with Gasteiger partial charge in [0.15, 0.2) is 0 Å². The van der Waals surface area contributed by atoms with Gasteiger partial charge in [0.05, 0.1) is 0 Å². The van der Waals surface area contributed by atoms with E-state index in [-0.39, 0.29) is 17.7 Å². The van der Waals surface area contributed by atoms with Gasteiger partial charge in [0.1, 0.15) is 0 Å². The van der Waals surface area contributed by atoms with E-state index in [0.717, 1.165) is 24.1 Å². The highest BCUT2D eigenvalue weighted by Gasteiger charge is 2.29. The predicted molar refractivity (Wildman–Crippen MR) is 85.4 cm³/mol. The number of hydrogen-bond donors (Lipinski definition) is 2. The zero-order chi connectivity index (χ0) is 15.4. The summed E-state index contributed by atoms with van der Waals surface area (Å²) in [5.74, 6) is 0.167. The predicted octanol–water partition coefficient (Wildman–Crippen LogP) is 2.97. The van der Waals surface area contributed by atoms with Crippen molar-refractivity contribution in [1.29, 1.82) is 0 Å². The highest BCUT2D eigenvalue weighted by molar-refractivity contribution is 5.94. The van der Waals surface area contributed by atoms with Crippen molar-refractivity contribution < 1.29 is 9.59 Å². The first kappa shape index (κ1) is 14.3. The molecule has 22 heavy (non-hydrogen) atoms. The third kappa shape index (κ3) is 3.73. The van der Waals surface area contributed by atoms with E-state index >= 15 is 0 Å². The van der Waals surface area contributed by atoms with Gasteiger partial charge in [-0.15, -0.1) is 0 Å². The Morgan fingerprint density at radius 3 is 2.50 bits per heavy atom. The molecular weight excluding hydrogens is 276 g/mol. The van der Waals surface area contributed by atoms with E-state index in [1.54, 1.807) is 12.1 Å². The summed E-state index contributed by atoms with van der Waals surface area (Å²) < 4.78 is 0. The minimum Gasteiger partial charge on any atom is -0.348 e. The maximum Gasteiger partial charge on any atom is 0.251 e. The Kier molecular flexibility index (Phi) is 4.19. The van der Waals surface area contributed by atoms with E-state index in [0.29, 0.717) is 12.1 Å². The first-order valence-electron chi connectivity index (χ1n) is 7.45. The van der Waals surface area contributed by atoms with Crippen molar-refractivity contribution in [3.63, 3.8) is 0 Å². The maximum atomic E-state index is 12.0. The number of rotatable bonds is 5. The van der Waals surface area contributed by atoms with Crippen molar-refractivity contribution in [2.24, 2.45) is 5.92 Å². The molecule has 0 radical (unpaired) electrons. The summed E-state index contributed by atoms with van der Waals surface area (Å²) in [5.41, 5.74) is 2.38. The average molecular weight is 294 g/mol. The van der Waals surface area contributed by atoms with E-state index in [9.17, 15) is 9.59 Å². The highest BCUT2D eigenvalue weighted by Crippen LogP contribution is 2.30. The minimum absolute atomic E-state index is 0.0884. The van der Waals surface area contributed by atoms with Gasteiger partial charge in [-0.2, -0.15) is 0 Å². The summed E-state index contributed by atoms with van der Waals surface area (Å²) >= 11 is 0. The molecule has 0 spiro atoms. The number of anilines is 1. The van der Waals surface area contributed by atoms with Gasteiger partial charge >= 0.3 is 0 Å². The van der Waals surface area contributed by atoms with Crippen LogP contribution in [0.5, 0.6) is 0 Å². The molecule has 1 saturated carbocycles. The molecule has 0 bridgehead atoms. The smallest absolute Gasteiger partial charge is 0.251 e. The van der Waals surface area contributed by atoms with Gasteiger partial charge in [0, 0.05) is 23.7 Å². The van der Waals surface area contributed by atoms with Gasteiger partial charge in [-0.3, -0.25) is 9.59 Å². The minimum atomic E-state index is -0.104. The summed E-state index contributed by atoms with van der Waals surface area (Å²) in [6.07, 6.45) is 1.97. The Labute approximate surface area is 129 Å². The second-order valence-corrected chi connectivity index (χ2v) is 5.51. The fourth-order valence-corrected chi connectivity index (χ4v) is 2.22. The number of carbonyl (C=O) groups excluding carboxylic acids is 2. The molecule has 112 valence electrons. The average Bonchev–Trinajstić information content (AvgIpc) is 3.39. The molecule has 1 aliphatic carbocycles. The van der Waals surface area contributed by atoms with Crippen LogP contribution >= 0.6 is 0 Å². The topological polar surface area (TPSA) is 58.2 Å². The standard InChI is InChI=1S/C18H18N2O2/c21-17(14-6-2-1-3-7-14)19-12-13-5-4-8-16(11-13)20-18(22)15-9-10-15/h1-8,11,15H,9-10,12H2,(H,19,21)(H,20,22). The van der Waals surface area contributed by atoms with Gasteiger partial charge in [-0.25, -0.2) is 0 Å². The second-order valence-electron chi connectivity index (χ2n) is 5.51. The van der Waals surface area contributed by atoms with Crippen LogP contribution in [0.25, 0.3) is 0 Å². The van der Waals surface area contributed by atoms with Crippen LogP contribution in [0.1, 0.15) is 28.8 Å². The Morgan fingerprint density at radius 2 is 1.77 bits per heavy atom. The van der Waals surface area contributed by atoms with Gasteiger partial charge in [0.2, 0.25) is 5.91 Å². The molecule has 2 aromatic carbocycles. The van der Waals surface area contributed by atoms with Gasteiger partial charge < -0.3 is 10.6 Å². The zero-order valence-electron chi connectivity index (χ0n) is 12.2. The molecule has 0 atom stereocenters. The molecule has 0 saturated heterocycles. The molecule has 2 N–H and O–H groups in total. The van der Waals surface area contributed by atoms with Gasteiger partial charge in [-0.1, -0.05) is 30.3 Å². The fourth-order valence-electron chi connectivity index (χ4n) is 2.22. The Balaban J connectivity index is 1.58. The van der Waals surface area contributed by atoms with Crippen molar-refractivity contribution in [2.75, 3.05) is 5.32 Å². The molecule has 4 heteroatoms. The Morgan fingerprint density at radius 1 is 1.00 bits per heavy atom. The van der Waals surface area contributed by atoms with Crippen LogP contribution in [0.3, 0.4) is 0 Å². The zero-order valence-corrected chi connectivity index (χ0v) is 12.2. The van der Waals surface area contributed by atoms with Gasteiger partial charge in [0.25, 0.3) is 5.91 Å². The lowest BCUT2D eigenvalue weighted by Crippen LogP contribution is -2.22. The number of carbonyl (C=O) groups is 2. The largest absolute Gasteiger partial charge is 0.348 e. The molecule has 4 nitrogen and oxygen atoms in total. The third-order valence-corrected chi connectivity index (χ3v) is 3.63. The van der Waals surface area contributed by atoms with Crippen LogP contribution in [-0.2, 0) is 11.3 Å². The number of benzene rings is 2. The van der Waals surface area contributed by atoms with Crippen molar-refractivity contribution >= 4 is 17.5 Å². The number of hydrogen-bond acceptors (Lipinski definition) is 2. The van der Waals surface area contributed by atoms with E-state index in [1.165, 1.54) is 0 Å². The Bertz CT molecular complexity index is 678. The second kappa shape index (κ2) is 6.43. The molecule has 0 heterocycles. The quantitative estimate of drug-likeness (QED) is 0.890. The van der Waals surface area contributed by atoms with Crippen LogP contribution in [-0.4, -0.2) is 11.8 Å². The lowest BCUT2D eigenvalue weighted by atomic mass is 10.1. The first-order chi connectivity index (χ1) is 10.7. The van der Waals surface area contributed by atoms with E-state index in [4.69, 9.17) is 0 Å². The molecule has 1 fully saturated rings. The molecule has 2 aromatic rings. The van der Waals surface area contributed by atoms with Gasteiger partial charge in [-0.05, 0) is 42.7 Å². The molecule has 1 aliphatic rings. The molecule has 0 aliphatic heterocycles. The summed E-state index contributed by atoms with van der Waals surface area (Å²) in [7, 11) is 0. The summed E-state index contributed by atoms with van der Waals surface area (Å²) in [5, 5.41) is 5.79. The van der Waals surface area contributed by atoms with Crippen molar-refractivity contribution in [1.82, 2.24) is 5.32 Å².